The van der Waals surface area contributed by atoms with E-state index in [0.29, 0.717) is 5.69 Å². The molecule has 10 heavy (non-hydrogen) atoms. The molecule has 0 atom stereocenters. The van der Waals surface area contributed by atoms with E-state index < -0.39 is 0 Å². The quantitative estimate of drug-likeness (QED) is 0.446. The van der Waals surface area contributed by atoms with Crippen molar-refractivity contribution in [3.63, 3.8) is 0 Å². The summed E-state index contributed by atoms with van der Waals surface area (Å²) in [4.78, 5) is 5.11. The zero-order chi connectivity index (χ0) is 7.40. The maximum absolute atomic E-state index is 5.15. The standard InChI is InChI=1S/C8H7NS/c1-3-7-6-8(10-2)4-5-9-7/h1,4-6H,2H3. The molecule has 0 amide bonds. The smallest absolute Gasteiger partial charge is 0.113 e. The number of nitrogens with zero attached hydrogens (tertiary/aromatic N) is 1. The zero-order valence-corrected chi connectivity index (χ0v) is 6.48. The summed E-state index contributed by atoms with van der Waals surface area (Å²) in [6.45, 7) is 0. The van der Waals surface area contributed by atoms with Crippen molar-refractivity contribution in [2.24, 2.45) is 0 Å². The molecule has 0 radical (unpaired) electrons. The zero-order valence-electron chi connectivity index (χ0n) is 5.66. The Morgan fingerprint density at radius 3 is 3.10 bits per heavy atom. The van der Waals surface area contributed by atoms with E-state index in [1.54, 1.807) is 18.0 Å². The summed E-state index contributed by atoms with van der Waals surface area (Å²) >= 11 is 1.66. The van der Waals surface area contributed by atoms with Gasteiger partial charge in [0.05, 0.1) is 0 Å². The van der Waals surface area contributed by atoms with Gasteiger partial charge in [-0.1, -0.05) is 5.92 Å². The van der Waals surface area contributed by atoms with Crippen molar-refractivity contribution < 1.29 is 0 Å². The Labute approximate surface area is 64.9 Å². The van der Waals surface area contributed by atoms with Crippen molar-refractivity contribution in [1.82, 2.24) is 4.98 Å². The fourth-order valence-corrected chi connectivity index (χ4v) is 1.04. The molecule has 1 heterocycles. The highest BCUT2D eigenvalue weighted by Gasteiger charge is 1.90. The van der Waals surface area contributed by atoms with Gasteiger partial charge in [-0.15, -0.1) is 18.2 Å². The van der Waals surface area contributed by atoms with E-state index >= 15 is 0 Å². The first-order chi connectivity index (χ1) is 4.86. The maximum atomic E-state index is 5.15. The number of hydrogen-bond acceptors (Lipinski definition) is 2. The molecule has 0 aliphatic heterocycles. The van der Waals surface area contributed by atoms with Crippen LogP contribution in [0.5, 0.6) is 0 Å². The molecule has 2 heteroatoms. The van der Waals surface area contributed by atoms with E-state index in [4.69, 9.17) is 6.42 Å². The highest BCUT2D eigenvalue weighted by atomic mass is 32.2. The molecule has 0 N–H and O–H groups in total. The average Bonchev–Trinajstić information content (AvgIpc) is 2.05. The summed E-state index contributed by atoms with van der Waals surface area (Å²) < 4.78 is 0. The molecule has 1 rings (SSSR count). The Morgan fingerprint density at radius 1 is 1.70 bits per heavy atom. The number of rotatable bonds is 1. The van der Waals surface area contributed by atoms with Crippen LogP contribution in [0.4, 0.5) is 0 Å². The lowest BCUT2D eigenvalue weighted by Crippen LogP contribution is -1.80. The summed E-state index contributed by atoms with van der Waals surface area (Å²) in [6.07, 6.45) is 8.88. The highest BCUT2D eigenvalue weighted by molar-refractivity contribution is 7.98. The van der Waals surface area contributed by atoms with Gasteiger partial charge in [0.1, 0.15) is 5.69 Å². The molecule has 1 aromatic rings. The van der Waals surface area contributed by atoms with Crippen LogP contribution in [0.25, 0.3) is 0 Å². The van der Waals surface area contributed by atoms with E-state index in [0.717, 1.165) is 4.90 Å². The number of thioether (sulfide) groups is 1. The second kappa shape index (κ2) is 3.28. The van der Waals surface area contributed by atoms with Gasteiger partial charge in [0.2, 0.25) is 0 Å². The van der Waals surface area contributed by atoms with Crippen LogP contribution in [0, 0.1) is 12.3 Å². The summed E-state index contributed by atoms with van der Waals surface area (Å²) in [6, 6.07) is 3.83. The summed E-state index contributed by atoms with van der Waals surface area (Å²) in [5.41, 5.74) is 0.701. The van der Waals surface area contributed by atoms with Crippen molar-refractivity contribution >= 4 is 11.8 Å². The molecule has 0 saturated carbocycles. The van der Waals surface area contributed by atoms with Crippen LogP contribution in [-0.2, 0) is 0 Å². The van der Waals surface area contributed by atoms with E-state index in [9.17, 15) is 0 Å². The molecule has 1 aromatic heterocycles. The van der Waals surface area contributed by atoms with Crippen LogP contribution in [0.3, 0.4) is 0 Å². The van der Waals surface area contributed by atoms with Crippen molar-refractivity contribution in [3.05, 3.63) is 24.0 Å². The van der Waals surface area contributed by atoms with Crippen LogP contribution in [0.2, 0.25) is 0 Å². The molecule has 1 nitrogen and oxygen atoms in total. The van der Waals surface area contributed by atoms with Gasteiger partial charge in [0, 0.05) is 11.1 Å². The largest absolute Gasteiger partial charge is 0.248 e. The number of terminal acetylenes is 1. The van der Waals surface area contributed by atoms with E-state index in [2.05, 4.69) is 10.9 Å². The third-order valence-electron chi connectivity index (χ3n) is 1.11. The van der Waals surface area contributed by atoms with Gasteiger partial charge in [-0.3, -0.25) is 0 Å². The van der Waals surface area contributed by atoms with Crippen LogP contribution in [0.1, 0.15) is 5.69 Å². The Balaban J connectivity index is 3.01. The van der Waals surface area contributed by atoms with Crippen LogP contribution < -0.4 is 0 Å². The predicted molar refractivity (Wildman–Crippen MR) is 44.0 cm³/mol. The number of pyridine rings is 1. The van der Waals surface area contributed by atoms with Crippen molar-refractivity contribution in [1.29, 1.82) is 0 Å². The first-order valence-electron chi connectivity index (χ1n) is 2.83. The molecular weight excluding hydrogens is 142 g/mol. The molecule has 50 valence electrons. The third-order valence-corrected chi connectivity index (χ3v) is 1.84. The van der Waals surface area contributed by atoms with Gasteiger partial charge >= 0.3 is 0 Å². The molecule has 0 spiro atoms. The molecule has 0 bridgehead atoms. The van der Waals surface area contributed by atoms with Crippen molar-refractivity contribution in [2.75, 3.05) is 6.26 Å². The molecule has 0 fully saturated rings. The lowest BCUT2D eigenvalue weighted by molar-refractivity contribution is 1.23. The molecule has 0 aromatic carbocycles. The first-order valence-corrected chi connectivity index (χ1v) is 4.06. The second-order valence-electron chi connectivity index (χ2n) is 1.73. The van der Waals surface area contributed by atoms with Gasteiger partial charge in [-0.2, -0.15) is 0 Å². The van der Waals surface area contributed by atoms with Crippen LogP contribution in [0.15, 0.2) is 23.2 Å². The summed E-state index contributed by atoms with van der Waals surface area (Å²) in [7, 11) is 0. The fraction of sp³-hybridized carbons (Fsp3) is 0.125. The van der Waals surface area contributed by atoms with Gasteiger partial charge in [-0.25, -0.2) is 4.98 Å². The lowest BCUT2D eigenvalue weighted by atomic mass is 10.4. The Bertz CT molecular complexity index is 262. The minimum Gasteiger partial charge on any atom is -0.248 e. The summed E-state index contributed by atoms with van der Waals surface area (Å²) in [5, 5.41) is 0. The normalized spacial score (nSPS) is 8.80. The fourth-order valence-electron chi connectivity index (χ4n) is 0.617. The third kappa shape index (κ3) is 1.52. The Morgan fingerprint density at radius 2 is 2.50 bits per heavy atom. The van der Waals surface area contributed by atoms with Crippen LogP contribution >= 0.6 is 11.8 Å². The molecule has 0 aliphatic carbocycles. The lowest BCUT2D eigenvalue weighted by Gasteiger charge is -1.93. The molecule has 0 aliphatic rings. The van der Waals surface area contributed by atoms with Gasteiger partial charge in [0.25, 0.3) is 0 Å². The maximum Gasteiger partial charge on any atom is 0.113 e. The molecular formula is C8H7NS. The highest BCUT2D eigenvalue weighted by Crippen LogP contribution is 2.13. The first kappa shape index (κ1) is 7.17. The number of hydrogen-bond donors (Lipinski definition) is 0. The van der Waals surface area contributed by atoms with Crippen molar-refractivity contribution in [3.8, 4) is 12.3 Å². The minimum absolute atomic E-state index is 0.701. The Hall–Kier alpha value is -0.940. The van der Waals surface area contributed by atoms with E-state index in [1.807, 2.05) is 18.4 Å². The SMILES string of the molecule is C#Cc1cc(SC)ccn1. The topological polar surface area (TPSA) is 12.9 Å². The Kier molecular flexibility index (Phi) is 2.35. The van der Waals surface area contributed by atoms with Gasteiger partial charge < -0.3 is 0 Å². The number of aromatic nitrogens is 1. The van der Waals surface area contributed by atoms with E-state index in [1.165, 1.54) is 0 Å². The molecule has 0 unspecified atom stereocenters. The van der Waals surface area contributed by atoms with E-state index in [-0.39, 0.29) is 0 Å². The van der Waals surface area contributed by atoms with Gasteiger partial charge in [-0.05, 0) is 18.4 Å². The second-order valence-corrected chi connectivity index (χ2v) is 2.60. The van der Waals surface area contributed by atoms with Crippen molar-refractivity contribution in [2.45, 2.75) is 4.90 Å². The van der Waals surface area contributed by atoms with Gasteiger partial charge in [0.15, 0.2) is 0 Å². The predicted octanol–water partition coefficient (Wildman–Crippen LogP) is 1.78. The summed E-state index contributed by atoms with van der Waals surface area (Å²) in [5.74, 6) is 2.48. The monoisotopic (exact) mass is 149 g/mol. The van der Waals surface area contributed by atoms with Crippen LogP contribution in [-0.4, -0.2) is 11.2 Å². The average molecular weight is 149 g/mol. The minimum atomic E-state index is 0.701. The molecule has 0 saturated heterocycles.